The van der Waals surface area contributed by atoms with E-state index >= 15 is 0 Å². The van der Waals surface area contributed by atoms with Crippen molar-refractivity contribution in [3.05, 3.63) is 11.2 Å². The molecule has 3 heterocycles. The van der Waals surface area contributed by atoms with E-state index in [2.05, 4.69) is 33.4 Å². The number of likely N-dealkylation sites (tertiary alicyclic amines) is 2. The topological polar surface area (TPSA) is 70.9 Å². The molecule has 3 aliphatic rings. The van der Waals surface area contributed by atoms with E-state index in [1.807, 2.05) is 0 Å². The fraction of sp³-hybridized carbons (Fsp3) is 0.864. The second kappa shape index (κ2) is 10.8. The van der Waals surface area contributed by atoms with E-state index in [0.29, 0.717) is 12.1 Å². The standard InChI is InChI=1S/C22H39N5O2S/c1-20-7-3-10-24(20)12-5-14-26-16-17-27(22(26)19-30(28,29)18-9-23)15-6-13-25-11-4-8-21(25)2/h19-21H,3-8,10-18H2,1-2H3/t20-,21-/m0/s1. The fourth-order valence-corrected chi connectivity index (χ4v) is 6.03. The van der Waals surface area contributed by atoms with Crippen molar-refractivity contribution in [1.82, 2.24) is 19.6 Å². The molecule has 2 atom stereocenters. The summed E-state index contributed by atoms with van der Waals surface area (Å²) in [6.45, 7) is 12.6. The second-order valence-corrected chi connectivity index (χ2v) is 11.0. The van der Waals surface area contributed by atoms with Gasteiger partial charge in [0.25, 0.3) is 0 Å². The van der Waals surface area contributed by atoms with Crippen LogP contribution < -0.4 is 0 Å². The molecule has 0 radical (unpaired) electrons. The Hall–Kier alpha value is -1.30. The average molecular weight is 438 g/mol. The highest BCUT2D eigenvalue weighted by molar-refractivity contribution is 7.94. The first-order chi connectivity index (χ1) is 14.4. The number of hydrogen-bond acceptors (Lipinski definition) is 7. The van der Waals surface area contributed by atoms with Crippen LogP contribution in [0.25, 0.3) is 0 Å². The van der Waals surface area contributed by atoms with Gasteiger partial charge in [0.1, 0.15) is 11.6 Å². The van der Waals surface area contributed by atoms with Gasteiger partial charge in [0, 0.05) is 51.4 Å². The summed E-state index contributed by atoms with van der Waals surface area (Å²) in [6.07, 6.45) is 7.21. The van der Waals surface area contributed by atoms with E-state index < -0.39 is 15.6 Å². The predicted molar refractivity (Wildman–Crippen MR) is 120 cm³/mol. The summed E-state index contributed by atoms with van der Waals surface area (Å²) in [6, 6.07) is 3.13. The normalized spacial score (nSPS) is 26.0. The van der Waals surface area contributed by atoms with Crippen LogP contribution in [-0.2, 0) is 9.84 Å². The number of nitriles is 1. The summed E-state index contributed by atoms with van der Waals surface area (Å²) in [7, 11) is -3.51. The first-order valence-electron chi connectivity index (χ1n) is 11.7. The molecule has 0 aliphatic carbocycles. The van der Waals surface area contributed by atoms with Gasteiger partial charge in [0.2, 0.25) is 0 Å². The van der Waals surface area contributed by atoms with Crippen LogP contribution in [0.2, 0.25) is 0 Å². The van der Waals surface area contributed by atoms with Crippen molar-refractivity contribution in [2.45, 2.75) is 64.5 Å². The maximum atomic E-state index is 12.4. The van der Waals surface area contributed by atoms with Gasteiger partial charge in [-0.25, -0.2) is 8.42 Å². The smallest absolute Gasteiger partial charge is 0.188 e. The lowest BCUT2D eigenvalue weighted by molar-refractivity contribution is 0.238. The maximum Gasteiger partial charge on any atom is 0.188 e. The molecular weight excluding hydrogens is 398 g/mol. The predicted octanol–water partition coefficient (Wildman–Crippen LogP) is 2.09. The second-order valence-electron chi connectivity index (χ2n) is 9.18. The summed E-state index contributed by atoms with van der Waals surface area (Å²) in [5.41, 5.74) is 0. The molecule has 3 aliphatic heterocycles. The van der Waals surface area contributed by atoms with E-state index in [-0.39, 0.29) is 0 Å². The maximum absolute atomic E-state index is 12.4. The summed E-state index contributed by atoms with van der Waals surface area (Å²) in [4.78, 5) is 9.52. The van der Waals surface area contributed by atoms with Crippen molar-refractivity contribution in [2.75, 3.05) is 58.1 Å². The lowest BCUT2D eigenvalue weighted by atomic mass is 10.2. The van der Waals surface area contributed by atoms with Gasteiger partial charge in [-0.1, -0.05) is 0 Å². The number of hydrogen-bond donors (Lipinski definition) is 0. The van der Waals surface area contributed by atoms with Crippen LogP contribution in [0.5, 0.6) is 0 Å². The number of rotatable bonds is 10. The van der Waals surface area contributed by atoms with Crippen LogP contribution in [0.3, 0.4) is 0 Å². The van der Waals surface area contributed by atoms with Gasteiger partial charge in [-0.2, -0.15) is 5.26 Å². The van der Waals surface area contributed by atoms with Crippen molar-refractivity contribution in [2.24, 2.45) is 0 Å². The van der Waals surface area contributed by atoms with Gasteiger partial charge < -0.3 is 19.6 Å². The molecule has 0 amide bonds. The van der Waals surface area contributed by atoms with E-state index in [1.165, 1.54) is 44.2 Å². The van der Waals surface area contributed by atoms with Crippen LogP contribution in [0, 0.1) is 11.3 Å². The lowest BCUT2D eigenvalue weighted by Crippen LogP contribution is -2.32. The minimum Gasteiger partial charge on any atom is -0.356 e. The van der Waals surface area contributed by atoms with Crippen molar-refractivity contribution >= 4 is 9.84 Å². The first kappa shape index (κ1) is 23.4. The van der Waals surface area contributed by atoms with E-state index in [0.717, 1.165) is 57.9 Å². The van der Waals surface area contributed by atoms with Crippen LogP contribution in [-0.4, -0.2) is 98.2 Å². The highest BCUT2D eigenvalue weighted by Crippen LogP contribution is 2.23. The van der Waals surface area contributed by atoms with Gasteiger partial charge in [0.15, 0.2) is 9.84 Å². The molecule has 0 aromatic heterocycles. The molecule has 0 bridgehead atoms. The van der Waals surface area contributed by atoms with Crippen LogP contribution in [0.1, 0.15) is 52.4 Å². The summed E-state index contributed by atoms with van der Waals surface area (Å²) >= 11 is 0. The molecule has 7 nitrogen and oxygen atoms in total. The van der Waals surface area contributed by atoms with Gasteiger partial charge in [-0.05, 0) is 65.5 Å². The van der Waals surface area contributed by atoms with Gasteiger partial charge in [0.05, 0.1) is 11.5 Å². The van der Waals surface area contributed by atoms with Crippen LogP contribution in [0.15, 0.2) is 11.2 Å². The third kappa shape index (κ3) is 6.35. The fourth-order valence-electron chi connectivity index (χ4n) is 5.14. The Morgan fingerprint density at radius 3 is 1.80 bits per heavy atom. The van der Waals surface area contributed by atoms with Crippen molar-refractivity contribution in [3.63, 3.8) is 0 Å². The summed E-state index contributed by atoms with van der Waals surface area (Å²) < 4.78 is 24.7. The third-order valence-corrected chi connectivity index (χ3v) is 8.07. The van der Waals surface area contributed by atoms with Crippen molar-refractivity contribution in [3.8, 4) is 6.07 Å². The Bertz CT molecular complexity index is 696. The van der Waals surface area contributed by atoms with Crippen molar-refractivity contribution < 1.29 is 8.42 Å². The van der Waals surface area contributed by atoms with E-state index in [4.69, 9.17) is 5.26 Å². The Morgan fingerprint density at radius 1 is 0.900 bits per heavy atom. The minimum atomic E-state index is -3.51. The van der Waals surface area contributed by atoms with E-state index in [9.17, 15) is 8.42 Å². The van der Waals surface area contributed by atoms with Crippen molar-refractivity contribution in [1.29, 1.82) is 5.26 Å². The Labute approximate surface area is 183 Å². The molecule has 0 N–H and O–H groups in total. The highest BCUT2D eigenvalue weighted by Gasteiger charge is 2.28. The molecule has 0 aromatic rings. The zero-order valence-corrected chi connectivity index (χ0v) is 19.6. The number of nitrogens with zero attached hydrogens (tertiary/aromatic N) is 5. The molecule has 3 saturated heterocycles. The van der Waals surface area contributed by atoms with Crippen LogP contribution in [0.4, 0.5) is 0 Å². The van der Waals surface area contributed by atoms with Crippen LogP contribution >= 0.6 is 0 Å². The molecule has 3 rings (SSSR count). The third-order valence-electron chi connectivity index (χ3n) is 6.97. The monoisotopic (exact) mass is 437 g/mol. The van der Waals surface area contributed by atoms with Gasteiger partial charge in [-0.15, -0.1) is 0 Å². The molecule has 170 valence electrons. The molecule has 30 heavy (non-hydrogen) atoms. The Balaban J connectivity index is 1.57. The molecule has 0 unspecified atom stereocenters. The zero-order chi connectivity index (χ0) is 21.6. The quantitative estimate of drug-likeness (QED) is 0.518. The molecule has 8 heteroatoms. The molecule has 0 saturated carbocycles. The van der Waals surface area contributed by atoms with E-state index in [1.54, 1.807) is 6.07 Å². The number of sulfone groups is 1. The SMILES string of the molecule is C[C@H]1CCCN1CCCN1CCN(CCCN2CCC[C@@H]2C)C1=CS(=O)(=O)CC#N. The van der Waals surface area contributed by atoms with Gasteiger partial charge >= 0.3 is 0 Å². The molecule has 3 fully saturated rings. The highest BCUT2D eigenvalue weighted by atomic mass is 32.2. The first-order valence-corrected chi connectivity index (χ1v) is 13.4. The molecule has 0 aromatic carbocycles. The Kier molecular flexibility index (Phi) is 8.44. The zero-order valence-electron chi connectivity index (χ0n) is 18.8. The molecular formula is C22H39N5O2S. The molecule has 0 spiro atoms. The minimum absolute atomic E-state index is 0.450. The van der Waals surface area contributed by atoms with Gasteiger partial charge in [-0.3, -0.25) is 0 Å². The average Bonchev–Trinajstić information content (AvgIpc) is 3.38. The summed E-state index contributed by atoms with van der Waals surface area (Å²) in [5.74, 6) is 0.351. The summed E-state index contributed by atoms with van der Waals surface area (Å²) in [5, 5.41) is 10.2. The largest absolute Gasteiger partial charge is 0.356 e. The lowest BCUT2D eigenvalue weighted by Gasteiger charge is -2.27. The Morgan fingerprint density at radius 2 is 1.40 bits per heavy atom.